The van der Waals surface area contributed by atoms with Gasteiger partial charge in [-0.05, 0) is 31.4 Å². The van der Waals surface area contributed by atoms with Crippen LogP contribution in [0.5, 0.6) is 0 Å². The number of anilines is 1. The highest BCUT2D eigenvalue weighted by molar-refractivity contribution is 6.31. The van der Waals surface area contributed by atoms with Crippen LogP contribution in [0.25, 0.3) is 0 Å². The first kappa shape index (κ1) is 11.2. The van der Waals surface area contributed by atoms with E-state index in [2.05, 4.69) is 10.3 Å². The minimum Gasteiger partial charge on any atom is -0.388 e. The standard InChI is InChI=1S/C11H12ClN3O/c12-8-2-3-10(15-9(8)6-13)14-7-11(16)4-1-5-11/h2-3,16H,1,4-5,7H2,(H,14,15). The van der Waals surface area contributed by atoms with Crippen LogP contribution in [0.1, 0.15) is 25.0 Å². The van der Waals surface area contributed by atoms with Gasteiger partial charge in [-0.25, -0.2) is 4.98 Å². The molecule has 4 nitrogen and oxygen atoms in total. The lowest BCUT2D eigenvalue weighted by Crippen LogP contribution is -2.43. The third-order valence-electron chi connectivity index (χ3n) is 2.83. The molecule has 0 radical (unpaired) electrons. The van der Waals surface area contributed by atoms with E-state index in [1.165, 1.54) is 0 Å². The zero-order valence-corrected chi connectivity index (χ0v) is 9.46. The van der Waals surface area contributed by atoms with Gasteiger partial charge in [-0.15, -0.1) is 0 Å². The van der Waals surface area contributed by atoms with Gasteiger partial charge in [0.05, 0.1) is 10.6 Å². The Morgan fingerprint density at radius 2 is 2.31 bits per heavy atom. The number of nitrogens with zero attached hydrogens (tertiary/aromatic N) is 2. The first-order chi connectivity index (χ1) is 7.63. The van der Waals surface area contributed by atoms with Gasteiger partial charge in [0.2, 0.25) is 0 Å². The average Bonchev–Trinajstić information content (AvgIpc) is 2.25. The Balaban J connectivity index is 2.02. The number of hydrogen-bond acceptors (Lipinski definition) is 4. The molecular weight excluding hydrogens is 226 g/mol. The number of hydrogen-bond donors (Lipinski definition) is 2. The van der Waals surface area contributed by atoms with E-state index in [0.717, 1.165) is 19.3 Å². The number of aliphatic hydroxyl groups is 1. The number of aromatic nitrogens is 1. The molecule has 0 saturated heterocycles. The van der Waals surface area contributed by atoms with Crippen molar-refractivity contribution in [2.24, 2.45) is 0 Å². The Morgan fingerprint density at radius 3 is 2.88 bits per heavy atom. The molecule has 1 aromatic rings. The second-order valence-corrected chi connectivity index (χ2v) is 4.48. The molecule has 1 aliphatic carbocycles. The summed E-state index contributed by atoms with van der Waals surface area (Å²) in [7, 11) is 0. The quantitative estimate of drug-likeness (QED) is 0.843. The molecule has 0 aliphatic heterocycles. The Bertz CT molecular complexity index is 437. The molecule has 1 fully saturated rings. The first-order valence-corrected chi connectivity index (χ1v) is 5.54. The van der Waals surface area contributed by atoms with Gasteiger partial charge in [-0.1, -0.05) is 11.6 Å². The molecule has 84 valence electrons. The topological polar surface area (TPSA) is 68.9 Å². The molecule has 0 amide bonds. The zero-order chi connectivity index (χ0) is 11.6. The third kappa shape index (κ3) is 2.26. The van der Waals surface area contributed by atoms with Crippen LogP contribution in [0, 0.1) is 11.3 Å². The lowest BCUT2D eigenvalue weighted by atomic mass is 9.80. The van der Waals surface area contributed by atoms with E-state index < -0.39 is 5.60 Å². The summed E-state index contributed by atoms with van der Waals surface area (Å²) in [4.78, 5) is 4.04. The number of nitriles is 1. The van der Waals surface area contributed by atoms with Gasteiger partial charge in [0.25, 0.3) is 0 Å². The summed E-state index contributed by atoms with van der Waals surface area (Å²) in [6.45, 7) is 0.465. The summed E-state index contributed by atoms with van der Waals surface area (Å²) < 4.78 is 0. The minimum absolute atomic E-state index is 0.201. The van der Waals surface area contributed by atoms with E-state index in [4.69, 9.17) is 16.9 Å². The van der Waals surface area contributed by atoms with E-state index in [1.54, 1.807) is 12.1 Å². The largest absolute Gasteiger partial charge is 0.388 e. The summed E-state index contributed by atoms with van der Waals surface area (Å²) >= 11 is 5.76. The summed E-state index contributed by atoms with van der Waals surface area (Å²) in [5.41, 5.74) is -0.402. The van der Waals surface area contributed by atoms with Gasteiger partial charge < -0.3 is 10.4 Å². The monoisotopic (exact) mass is 237 g/mol. The zero-order valence-electron chi connectivity index (χ0n) is 8.70. The minimum atomic E-state index is -0.603. The van der Waals surface area contributed by atoms with Crippen molar-refractivity contribution in [1.29, 1.82) is 5.26 Å². The first-order valence-electron chi connectivity index (χ1n) is 5.16. The van der Waals surface area contributed by atoms with Crippen molar-refractivity contribution in [2.75, 3.05) is 11.9 Å². The second kappa shape index (κ2) is 4.28. The van der Waals surface area contributed by atoms with E-state index >= 15 is 0 Å². The number of nitrogens with one attached hydrogen (secondary N) is 1. The Morgan fingerprint density at radius 1 is 1.56 bits per heavy atom. The fourth-order valence-electron chi connectivity index (χ4n) is 1.64. The predicted molar refractivity (Wildman–Crippen MR) is 61.3 cm³/mol. The molecule has 1 saturated carbocycles. The molecule has 0 spiro atoms. The Hall–Kier alpha value is -1.31. The van der Waals surface area contributed by atoms with Gasteiger partial charge in [-0.3, -0.25) is 0 Å². The van der Waals surface area contributed by atoms with Crippen molar-refractivity contribution in [3.63, 3.8) is 0 Å². The van der Waals surface area contributed by atoms with Crippen LogP contribution in [0.3, 0.4) is 0 Å². The summed E-state index contributed by atoms with van der Waals surface area (Å²) in [6, 6.07) is 5.24. The van der Waals surface area contributed by atoms with Crippen molar-refractivity contribution >= 4 is 17.4 Å². The average molecular weight is 238 g/mol. The summed E-state index contributed by atoms with van der Waals surface area (Å²) in [5.74, 6) is 0.571. The number of halogens is 1. The summed E-state index contributed by atoms with van der Waals surface area (Å²) in [5, 5.41) is 22.0. The van der Waals surface area contributed by atoms with Crippen LogP contribution < -0.4 is 5.32 Å². The summed E-state index contributed by atoms with van der Waals surface area (Å²) in [6.07, 6.45) is 2.70. The van der Waals surface area contributed by atoms with Crippen molar-refractivity contribution in [1.82, 2.24) is 4.98 Å². The van der Waals surface area contributed by atoms with E-state index in [1.807, 2.05) is 6.07 Å². The lowest BCUT2D eigenvalue weighted by molar-refractivity contribution is -0.0202. The van der Waals surface area contributed by atoms with Gasteiger partial charge in [-0.2, -0.15) is 5.26 Å². The van der Waals surface area contributed by atoms with E-state index in [9.17, 15) is 5.11 Å². The van der Waals surface area contributed by atoms with Gasteiger partial charge in [0.1, 0.15) is 11.9 Å². The van der Waals surface area contributed by atoms with Crippen molar-refractivity contribution in [2.45, 2.75) is 24.9 Å². The van der Waals surface area contributed by atoms with Crippen LogP contribution in [-0.2, 0) is 0 Å². The third-order valence-corrected chi connectivity index (χ3v) is 3.14. The highest BCUT2D eigenvalue weighted by Crippen LogP contribution is 2.31. The fourth-order valence-corrected chi connectivity index (χ4v) is 1.78. The molecule has 5 heteroatoms. The normalized spacial score (nSPS) is 17.3. The van der Waals surface area contributed by atoms with Crippen molar-refractivity contribution < 1.29 is 5.11 Å². The van der Waals surface area contributed by atoms with E-state index in [-0.39, 0.29) is 5.69 Å². The van der Waals surface area contributed by atoms with Crippen LogP contribution >= 0.6 is 11.6 Å². The van der Waals surface area contributed by atoms with Crippen molar-refractivity contribution in [3.8, 4) is 6.07 Å². The van der Waals surface area contributed by atoms with E-state index in [0.29, 0.717) is 17.4 Å². The van der Waals surface area contributed by atoms with Crippen molar-refractivity contribution in [3.05, 3.63) is 22.8 Å². The highest BCUT2D eigenvalue weighted by Gasteiger charge is 2.33. The molecule has 1 aromatic heterocycles. The maximum Gasteiger partial charge on any atom is 0.161 e. The maximum absolute atomic E-state index is 9.87. The molecule has 1 aliphatic rings. The van der Waals surface area contributed by atoms with Crippen LogP contribution in [0.2, 0.25) is 5.02 Å². The predicted octanol–water partition coefficient (Wildman–Crippen LogP) is 1.93. The smallest absolute Gasteiger partial charge is 0.161 e. The number of rotatable bonds is 3. The van der Waals surface area contributed by atoms with Crippen LogP contribution in [-0.4, -0.2) is 22.2 Å². The SMILES string of the molecule is N#Cc1nc(NCC2(O)CCC2)ccc1Cl. The molecule has 0 bridgehead atoms. The lowest BCUT2D eigenvalue weighted by Gasteiger charge is -2.36. The van der Waals surface area contributed by atoms with Gasteiger partial charge in [0, 0.05) is 6.54 Å². The van der Waals surface area contributed by atoms with Gasteiger partial charge >= 0.3 is 0 Å². The molecule has 0 atom stereocenters. The second-order valence-electron chi connectivity index (χ2n) is 4.07. The highest BCUT2D eigenvalue weighted by atomic mass is 35.5. The molecular formula is C11H12ClN3O. The fraction of sp³-hybridized carbons (Fsp3) is 0.455. The number of pyridine rings is 1. The Labute approximate surface area is 98.9 Å². The van der Waals surface area contributed by atoms with Crippen LogP contribution in [0.4, 0.5) is 5.82 Å². The molecule has 0 aromatic carbocycles. The maximum atomic E-state index is 9.87. The van der Waals surface area contributed by atoms with Gasteiger partial charge in [0.15, 0.2) is 5.69 Å². The molecule has 0 unspecified atom stereocenters. The Kier molecular flexibility index (Phi) is 2.99. The molecule has 1 heterocycles. The molecule has 2 N–H and O–H groups in total. The molecule has 16 heavy (non-hydrogen) atoms. The molecule has 2 rings (SSSR count). The van der Waals surface area contributed by atoms with Crippen LogP contribution in [0.15, 0.2) is 12.1 Å².